The Balaban J connectivity index is 1.46. The van der Waals surface area contributed by atoms with Gasteiger partial charge in [-0.2, -0.15) is 0 Å². The third-order valence-electron chi connectivity index (χ3n) is 5.05. The number of nitrogens with one attached hydrogen (secondary N) is 2. The fourth-order valence-electron chi connectivity index (χ4n) is 3.67. The number of likely N-dealkylation sites (tertiary alicyclic amines) is 1. The number of hydrogen-bond donors (Lipinski definition) is 2. The fourth-order valence-corrected chi connectivity index (χ4v) is 3.67. The average molecular weight is 349 g/mol. The van der Waals surface area contributed by atoms with Crippen LogP contribution in [0.1, 0.15) is 31.4 Å². The number of aromatic nitrogens is 3. The average Bonchev–Trinajstić information content (AvgIpc) is 3.30. The van der Waals surface area contributed by atoms with Gasteiger partial charge in [-0.15, -0.1) is 0 Å². The third kappa shape index (κ3) is 3.88. The molecule has 0 atom stereocenters. The lowest BCUT2D eigenvalue weighted by atomic mass is 10.2. The molecule has 2 aromatic heterocycles. The van der Waals surface area contributed by atoms with E-state index in [4.69, 9.17) is 9.97 Å². The maximum absolute atomic E-state index is 4.81. The van der Waals surface area contributed by atoms with Crippen molar-refractivity contribution in [3.05, 3.63) is 42.1 Å². The molecular weight excluding hydrogens is 322 g/mol. The smallest absolute Gasteiger partial charge is 0.163 e. The van der Waals surface area contributed by atoms with Crippen LogP contribution in [0, 0.1) is 6.92 Å². The molecule has 5 nitrogen and oxygen atoms in total. The molecule has 0 aliphatic carbocycles. The normalized spacial score (nSPS) is 15.0. The minimum Gasteiger partial charge on any atom is -0.369 e. The van der Waals surface area contributed by atoms with Gasteiger partial charge in [0.25, 0.3) is 0 Å². The largest absolute Gasteiger partial charge is 0.369 e. The van der Waals surface area contributed by atoms with E-state index in [2.05, 4.69) is 40.3 Å². The number of rotatable bonds is 7. The van der Waals surface area contributed by atoms with E-state index in [0.29, 0.717) is 0 Å². The summed E-state index contributed by atoms with van der Waals surface area (Å²) < 4.78 is 0. The van der Waals surface area contributed by atoms with Crippen molar-refractivity contribution >= 4 is 16.9 Å². The van der Waals surface area contributed by atoms with Gasteiger partial charge < -0.3 is 15.2 Å². The minimum atomic E-state index is 0.763. The first-order valence-electron chi connectivity index (χ1n) is 9.68. The fraction of sp³-hybridized carbons (Fsp3) is 0.429. The van der Waals surface area contributed by atoms with Crippen LogP contribution in [-0.2, 0) is 0 Å². The number of aromatic amines is 1. The van der Waals surface area contributed by atoms with Crippen molar-refractivity contribution in [3.8, 4) is 11.4 Å². The van der Waals surface area contributed by atoms with E-state index in [0.717, 1.165) is 46.9 Å². The van der Waals surface area contributed by atoms with Crippen molar-refractivity contribution in [3.63, 3.8) is 0 Å². The summed E-state index contributed by atoms with van der Waals surface area (Å²) in [6.45, 7) is 6.79. The lowest BCUT2D eigenvalue weighted by molar-refractivity contribution is 0.331. The molecule has 3 aromatic rings. The summed E-state index contributed by atoms with van der Waals surface area (Å²) in [5, 5.41) is 4.62. The molecule has 3 heterocycles. The summed E-state index contributed by atoms with van der Waals surface area (Å²) in [5.41, 5.74) is 3.05. The Morgan fingerprint density at radius 1 is 1.08 bits per heavy atom. The van der Waals surface area contributed by atoms with Gasteiger partial charge in [0.2, 0.25) is 0 Å². The highest BCUT2D eigenvalue weighted by molar-refractivity contribution is 5.89. The second-order valence-corrected chi connectivity index (χ2v) is 7.16. The molecule has 0 saturated carbocycles. The van der Waals surface area contributed by atoms with Crippen LogP contribution in [0.25, 0.3) is 22.4 Å². The van der Waals surface area contributed by atoms with Crippen LogP contribution in [0.3, 0.4) is 0 Å². The molecular formula is C21H27N5. The SMILES string of the molecule is Cc1cc2c(NCCCCN3CCCC3)nc(-c3ccccc3)nc2[nH]1. The molecule has 5 heteroatoms. The zero-order valence-corrected chi connectivity index (χ0v) is 15.5. The number of H-pyrrole nitrogens is 1. The van der Waals surface area contributed by atoms with Gasteiger partial charge in [0, 0.05) is 17.8 Å². The van der Waals surface area contributed by atoms with Gasteiger partial charge in [0.15, 0.2) is 5.82 Å². The Bertz CT molecular complexity index is 849. The van der Waals surface area contributed by atoms with E-state index < -0.39 is 0 Å². The molecule has 0 bridgehead atoms. The summed E-state index contributed by atoms with van der Waals surface area (Å²) in [7, 11) is 0. The van der Waals surface area contributed by atoms with Crippen LogP contribution in [0.2, 0.25) is 0 Å². The molecule has 26 heavy (non-hydrogen) atoms. The quantitative estimate of drug-likeness (QED) is 0.627. The molecule has 0 radical (unpaired) electrons. The zero-order chi connectivity index (χ0) is 17.8. The Hall–Kier alpha value is -2.40. The number of anilines is 1. The number of unbranched alkanes of at least 4 members (excludes halogenated alkanes) is 1. The van der Waals surface area contributed by atoms with Crippen LogP contribution in [0.4, 0.5) is 5.82 Å². The molecule has 136 valence electrons. The summed E-state index contributed by atoms with van der Waals surface area (Å²) in [4.78, 5) is 15.4. The monoisotopic (exact) mass is 349 g/mol. The van der Waals surface area contributed by atoms with Gasteiger partial charge in [0.05, 0.1) is 5.39 Å². The number of benzene rings is 1. The lowest BCUT2D eigenvalue weighted by Gasteiger charge is -2.14. The van der Waals surface area contributed by atoms with Crippen molar-refractivity contribution in [2.45, 2.75) is 32.6 Å². The van der Waals surface area contributed by atoms with Gasteiger partial charge in [-0.25, -0.2) is 9.97 Å². The first kappa shape index (κ1) is 17.0. The van der Waals surface area contributed by atoms with Gasteiger partial charge >= 0.3 is 0 Å². The molecule has 0 amide bonds. The Morgan fingerprint density at radius 2 is 1.88 bits per heavy atom. The Kier molecular flexibility index (Phi) is 5.16. The summed E-state index contributed by atoms with van der Waals surface area (Å²) in [6, 6.07) is 12.3. The standard InChI is InChI=1S/C21H27N5/c1-16-15-18-20(22-11-5-6-12-26-13-7-8-14-26)24-19(25-21(18)23-16)17-9-3-2-4-10-17/h2-4,9-10,15H,5-8,11-14H2,1H3,(H2,22,23,24,25). The second kappa shape index (κ2) is 7.87. The van der Waals surface area contributed by atoms with Gasteiger partial charge in [-0.05, 0) is 58.3 Å². The summed E-state index contributed by atoms with van der Waals surface area (Å²) in [6.07, 6.45) is 5.13. The molecule has 1 aliphatic heterocycles. The van der Waals surface area contributed by atoms with Crippen molar-refractivity contribution in [2.75, 3.05) is 31.5 Å². The molecule has 0 spiro atoms. The highest BCUT2D eigenvalue weighted by Crippen LogP contribution is 2.25. The van der Waals surface area contributed by atoms with Gasteiger partial charge in [-0.3, -0.25) is 0 Å². The van der Waals surface area contributed by atoms with Crippen LogP contribution in [0.5, 0.6) is 0 Å². The third-order valence-corrected chi connectivity index (χ3v) is 5.05. The summed E-state index contributed by atoms with van der Waals surface area (Å²) >= 11 is 0. The van der Waals surface area contributed by atoms with Gasteiger partial charge in [-0.1, -0.05) is 30.3 Å². The molecule has 2 N–H and O–H groups in total. The van der Waals surface area contributed by atoms with Crippen LogP contribution >= 0.6 is 0 Å². The van der Waals surface area contributed by atoms with E-state index in [1.807, 2.05) is 18.2 Å². The maximum Gasteiger partial charge on any atom is 0.163 e. The van der Waals surface area contributed by atoms with E-state index in [1.54, 1.807) is 0 Å². The molecule has 1 fully saturated rings. The number of fused-ring (bicyclic) bond motifs is 1. The van der Waals surface area contributed by atoms with Crippen molar-refractivity contribution < 1.29 is 0 Å². The first-order chi connectivity index (χ1) is 12.8. The van der Waals surface area contributed by atoms with E-state index in [9.17, 15) is 0 Å². The molecule has 1 saturated heterocycles. The zero-order valence-electron chi connectivity index (χ0n) is 15.5. The minimum absolute atomic E-state index is 0.763. The predicted molar refractivity (Wildman–Crippen MR) is 107 cm³/mol. The maximum atomic E-state index is 4.81. The van der Waals surface area contributed by atoms with E-state index in [1.165, 1.54) is 38.9 Å². The Morgan fingerprint density at radius 3 is 2.69 bits per heavy atom. The first-order valence-corrected chi connectivity index (χ1v) is 9.68. The van der Waals surface area contributed by atoms with Crippen LogP contribution in [-0.4, -0.2) is 46.0 Å². The highest BCUT2D eigenvalue weighted by atomic mass is 15.1. The number of nitrogens with zero attached hydrogens (tertiary/aromatic N) is 3. The van der Waals surface area contributed by atoms with Gasteiger partial charge in [0.1, 0.15) is 11.5 Å². The molecule has 4 rings (SSSR count). The topological polar surface area (TPSA) is 56.8 Å². The number of hydrogen-bond acceptors (Lipinski definition) is 4. The van der Waals surface area contributed by atoms with Crippen molar-refractivity contribution in [1.82, 2.24) is 19.9 Å². The predicted octanol–water partition coefficient (Wildman–Crippen LogP) is 4.22. The van der Waals surface area contributed by atoms with E-state index in [-0.39, 0.29) is 0 Å². The molecule has 1 aromatic carbocycles. The number of aryl methyl sites for hydroxylation is 1. The van der Waals surface area contributed by atoms with Crippen molar-refractivity contribution in [2.24, 2.45) is 0 Å². The van der Waals surface area contributed by atoms with E-state index >= 15 is 0 Å². The van der Waals surface area contributed by atoms with Crippen molar-refractivity contribution in [1.29, 1.82) is 0 Å². The second-order valence-electron chi connectivity index (χ2n) is 7.16. The molecule has 1 aliphatic rings. The Labute approximate surface area is 154 Å². The van der Waals surface area contributed by atoms with Crippen LogP contribution < -0.4 is 5.32 Å². The highest BCUT2D eigenvalue weighted by Gasteiger charge is 2.12. The molecule has 0 unspecified atom stereocenters. The summed E-state index contributed by atoms with van der Waals surface area (Å²) in [5.74, 6) is 1.69. The lowest BCUT2D eigenvalue weighted by Crippen LogP contribution is -2.21. The van der Waals surface area contributed by atoms with Crippen LogP contribution in [0.15, 0.2) is 36.4 Å².